The molecule has 0 bridgehead atoms. The van der Waals surface area contributed by atoms with Gasteiger partial charge in [-0.15, -0.1) is 0 Å². The van der Waals surface area contributed by atoms with Gasteiger partial charge in [0.25, 0.3) is 10.0 Å². The van der Waals surface area contributed by atoms with Gasteiger partial charge in [0.05, 0.1) is 6.20 Å². The Bertz CT molecular complexity index is 596. The molecule has 0 aliphatic heterocycles. The number of H-pyrrole nitrogens is 1. The van der Waals surface area contributed by atoms with Crippen molar-refractivity contribution in [2.45, 2.75) is 5.03 Å². The fourth-order valence-corrected chi connectivity index (χ4v) is 2.54. The van der Waals surface area contributed by atoms with E-state index in [1.54, 1.807) is 0 Å². The Labute approximate surface area is 112 Å². The van der Waals surface area contributed by atoms with Crippen molar-refractivity contribution >= 4 is 10.0 Å². The highest BCUT2D eigenvalue weighted by Crippen LogP contribution is 2.11. The first kappa shape index (κ1) is 13.6. The molecule has 19 heavy (non-hydrogen) atoms. The van der Waals surface area contributed by atoms with E-state index in [0.717, 1.165) is 5.75 Å². The number of hydrogen-bond donors (Lipinski definition) is 1. The van der Waals surface area contributed by atoms with Gasteiger partial charge < -0.3 is 4.74 Å². The van der Waals surface area contributed by atoms with Gasteiger partial charge in [-0.3, -0.25) is 5.10 Å². The lowest BCUT2D eigenvalue weighted by Gasteiger charge is -2.16. The normalized spacial score (nSPS) is 11.7. The molecule has 6 nitrogen and oxygen atoms in total. The van der Waals surface area contributed by atoms with E-state index in [4.69, 9.17) is 4.74 Å². The lowest BCUT2D eigenvalue weighted by Crippen LogP contribution is -2.31. The second kappa shape index (κ2) is 5.85. The highest BCUT2D eigenvalue weighted by Gasteiger charge is 2.21. The minimum absolute atomic E-state index is 0.0784. The third-order valence-corrected chi connectivity index (χ3v) is 4.37. The molecular weight excluding hydrogens is 266 g/mol. The fourth-order valence-electron chi connectivity index (χ4n) is 1.48. The summed E-state index contributed by atoms with van der Waals surface area (Å²) in [6.07, 6.45) is 1.40. The lowest BCUT2D eigenvalue weighted by atomic mass is 10.3. The van der Waals surface area contributed by atoms with Gasteiger partial charge in [0.2, 0.25) is 0 Å². The summed E-state index contributed by atoms with van der Waals surface area (Å²) < 4.78 is 30.8. The molecule has 1 heterocycles. The topological polar surface area (TPSA) is 75.3 Å². The van der Waals surface area contributed by atoms with E-state index in [-0.39, 0.29) is 18.2 Å². The molecular formula is C12H15N3O3S. The fraction of sp³-hybridized carbons (Fsp3) is 0.250. The van der Waals surface area contributed by atoms with Gasteiger partial charge in [0.1, 0.15) is 12.4 Å². The monoisotopic (exact) mass is 281 g/mol. The molecule has 1 aromatic carbocycles. The molecule has 0 fully saturated rings. The Morgan fingerprint density at radius 2 is 2.00 bits per heavy atom. The second-order valence-electron chi connectivity index (χ2n) is 3.91. The summed E-state index contributed by atoms with van der Waals surface area (Å²) in [7, 11) is -2.01. The molecule has 1 aromatic heterocycles. The largest absolute Gasteiger partial charge is 0.492 e. The van der Waals surface area contributed by atoms with Crippen molar-refractivity contribution in [1.29, 1.82) is 0 Å². The number of benzene rings is 1. The summed E-state index contributed by atoms with van der Waals surface area (Å²) in [6, 6.07) is 10.7. The van der Waals surface area contributed by atoms with Crippen LogP contribution in [0.25, 0.3) is 0 Å². The zero-order valence-corrected chi connectivity index (χ0v) is 11.3. The smallest absolute Gasteiger partial charge is 0.259 e. The van der Waals surface area contributed by atoms with Crippen LogP contribution in [0.15, 0.2) is 47.6 Å². The van der Waals surface area contributed by atoms with Crippen molar-refractivity contribution in [3.05, 3.63) is 42.6 Å². The van der Waals surface area contributed by atoms with Crippen molar-refractivity contribution in [2.75, 3.05) is 20.2 Å². The van der Waals surface area contributed by atoms with E-state index in [2.05, 4.69) is 10.2 Å². The van der Waals surface area contributed by atoms with Gasteiger partial charge in [-0.25, -0.2) is 8.42 Å². The van der Waals surface area contributed by atoms with Crippen LogP contribution in [0.5, 0.6) is 5.75 Å². The number of aromatic amines is 1. The maximum absolute atomic E-state index is 12.0. The summed E-state index contributed by atoms with van der Waals surface area (Å²) in [4.78, 5) is 0. The first-order chi connectivity index (χ1) is 9.10. The molecule has 0 saturated heterocycles. The van der Waals surface area contributed by atoms with Crippen LogP contribution in [0, 0.1) is 0 Å². The lowest BCUT2D eigenvalue weighted by molar-refractivity contribution is 0.286. The van der Waals surface area contributed by atoms with E-state index in [1.807, 2.05) is 30.3 Å². The predicted octanol–water partition coefficient (Wildman–Crippen LogP) is 1.11. The third kappa shape index (κ3) is 3.33. The van der Waals surface area contributed by atoms with Crippen LogP contribution in [0.3, 0.4) is 0 Å². The van der Waals surface area contributed by atoms with Crippen LogP contribution in [0.4, 0.5) is 0 Å². The Morgan fingerprint density at radius 3 is 2.63 bits per heavy atom. The summed E-state index contributed by atoms with van der Waals surface area (Å²) in [6.45, 7) is 0.546. The van der Waals surface area contributed by atoms with Gasteiger partial charge >= 0.3 is 0 Å². The Morgan fingerprint density at radius 1 is 1.26 bits per heavy atom. The summed E-state index contributed by atoms with van der Waals surface area (Å²) in [5, 5.41) is 6.16. The number of rotatable bonds is 6. The van der Waals surface area contributed by atoms with Crippen LogP contribution >= 0.6 is 0 Å². The number of aromatic nitrogens is 2. The molecule has 2 aromatic rings. The van der Waals surface area contributed by atoms with E-state index >= 15 is 0 Å². The van der Waals surface area contributed by atoms with E-state index < -0.39 is 10.0 Å². The number of hydrogen-bond acceptors (Lipinski definition) is 4. The van der Waals surface area contributed by atoms with E-state index in [9.17, 15) is 8.42 Å². The van der Waals surface area contributed by atoms with Crippen LogP contribution in [-0.4, -0.2) is 43.1 Å². The minimum Gasteiger partial charge on any atom is -0.492 e. The van der Waals surface area contributed by atoms with Crippen LogP contribution in [-0.2, 0) is 10.0 Å². The summed E-state index contributed by atoms with van der Waals surface area (Å²) in [5.74, 6) is 0.717. The van der Waals surface area contributed by atoms with Gasteiger partial charge in [0, 0.05) is 13.6 Å². The number of ether oxygens (including phenoxy) is 1. The number of likely N-dealkylation sites (N-methyl/N-ethyl adjacent to an activating group) is 1. The molecule has 0 aliphatic carbocycles. The van der Waals surface area contributed by atoms with E-state index in [0.29, 0.717) is 0 Å². The maximum Gasteiger partial charge on any atom is 0.259 e. The molecule has 102 valence electrons. The first-order valence-corrected chi connectivity index (χ1v) is 7.18. The third-order valence-electron chi connectivity index (χ3n) is 2.58. The van der Waals surface area contributed by atoms with Crippen molar-refractivity contribution in [2.24, 2.45) is 0 Å². The Kier molecular flexibility index (Phi) is 4.18. The van der Waals surface area contributed by atoms with Gasteiger partial charge in [-0.2, -0.15) is 9.40 Å². The highest BCUT2D eigenvalue weighted by molar-refractivity contribution is 7.89. The van der Waals surface area contributed by atoms with Crippen LogP contribution in [0.1, 0.15) is 0 Å². The summed E-state index contributed by atoms with van der Waals surface area (Å²) >= 11 is 0. The first-order valence-electron chi connectivity index (χ1n) is 5.74. The van der Waals surface area contributed by atoms with Crippen LogP contribution in [0.2, 0.25) is 0 Å². The zero-order valence-electron chi connectivity index (χ0n) is 10.5. The molecule has 0 spiro atoms. The van der Waals surface area contributed by atoms with Gasteiger partial charge in [-0.05, 0) is 18.2 Å². The Hall–Kier alpha value is -1.86. The van der Waals surface area contributed by atoms with Crippen molar-refractivity contribution in [3.8, 4) is 5.75 Å². The molecule has 0 unspecified atom stereocenters. The van der Waals surface area contributed by atoms with Crippen LogP contribution < -0.4 is 4.74 Å². The molecule has 0 aliphatic rings. The van der Waals surface area contributed by atoms with E-state index in [1.165, 1.54) is 23.6 Å². The quantitative estimate of drug-likeness (QED) is 0.860. The number of sulfonamides is 1. The highest BCUT2D eigenvalue weighted by atomic mass is 32.2. The number of nitrogens with one attached hydrogen (secondary N) is 1. The molecule has 2 rings (SSSR count). The molecule has 0 atom stereocenters. The SMILES string of the molecule is CN(CCOc1ccccc1)S(=O)(=O)c1ccn[nH]1. The zero-order chi connectivity index (χ0) is 13.7. The molecule has 0 amide bonds. The average Bonchev–Trinajstić information content (AvgIpc) is 2.94. The number of para-hydroxylation sites is 1. The molecule has 1 N–H and O–H groups in total. The van der Waals surface area contributed by atoms with Crippen molar-refractivity contribution in [1.82, 2.24) is 14.5 Å². The Balaban J connectivity index is 1.90. The average molecular weight is 281 g/mol. The maximum atomic E-state index is 12.0. The van der Waals surface area contributed by atoms with Gasteiger partial charge in [-0.1, -0.05) is 18.2 Å². The standard InChI is InChI=1S/C12H15N3O3S/c1-15(19(16,17)12-7-8-13-14-12)9-10-18-11-5-3-2-4-6-11/h2-8H,9-10H2,1H3,(H,13,14). The molecule has 7 heteroatoms. The molecule has 0 radical (unpaired) electrons. The predicted molar refractivity (Wildman–Crippen MR) is 70.3 cm³/mol. The number of nitrogens with zero attached hydrogens (tertiary/aromatic N) is 2. The van der Waals surface area contributed by atoms with Crippen molar-refractivity contribution < 1.29 is 13.2 Å². The summed E-state index contributed by atoms with van der Waals surface area (Å²) in [5.41, 5.74) is 0. The van der Waals surface area contributed by atoms with Gasteiger partial charge in [0.15, 0.2) is 5.03 Å². The minimum atomic E-state index is -3.51. The second-order valence-corrected chi connectivity index (χ2v) is 5.92. The molecule has 0 saturated carbocycles. The van der Waals surface area contributed by atoms with Crippen molar-refractivity contribution in [3.63, 3.8) is 0 Å².